The van der Waals surface area contributed by atoms with Gasteiger partial charge in [-0.2, -0.15) is 0 Å². The summed E-state index contributed by atoms with van der Waals surface area (Å²) in [6.45, 7) is 5.09. The van der Waals surface area contributed by atoms with Crippen molar-refractivity contribution in [1.29, 1.82) is 0 Å². The van der Waals surface area contributed by atoms with Gasteiger partial charge in [-0.3, -0.25) is 14.4 Å². The summed E-state index contributed by atoms with van der Waals surface area (Å²) < 4.78 is 21.2. The Kier molecular flexibility index (Phi) is 6.76. The maximum atomic E-state index is 11.4. The Bertz CT molecular complexity index is 421. The fourth-order valence-corrected chi connectivity index (χ4v) is 2.47. The zero-order valence-electron chi connectivity index (χ0n) is 13.1. The van der Waals surface area contributed by atoms with Crippen molar-refractivity contribution in [2.24, 2.45) is 0 Å². The molecule has 0 aliphatic carbocycles. The largest absolute Gasteiger partial charge is 0.456 e. The number of aliphatic hydroxyl groups excluding tert-OH is 1. The van der Waals surface area contributed by atoms with Crippen LogP contribution >= 0.6 is 0 Å². The van der Waals surface area contributed by atoms with Crippen LogP contribution < -0.4 is 0 Å². The lowest BCUT2D eigenvalue weighted by Gasteiger charge is -2.43. The van der Waals surface area contributed by atoms with Gasteiger partial charge >= 0.3 is 17.9 Å². The molecule has 8 heteroatoms. The van der Waals surface area contributed by atoms with Gasteiger partial charge in [-0.15, -0.1) is 0 Å². The second-order valence-electron chi connectivity index (χ2n) is 5.11. The van der Waals surface area contributed by atoms with E-state index in [2.05, 4.69) is 0 Å². The molecular weight excluding hydrogens is 296 g/mol. The van der Waals surface area contributed by atoms with E-state index in [9.17, 15) is 14.4 Å². The van der Waals surface area contributed by atoms with Gasteiger partial charge in [0, 0.05) is 33.8 Å². The molecule has 22 heavy (non-hydrogen) atoms. The molecule has 1 saturated heterocycles. The Hall–Kier alpha value is -1.67. The summed E-state index contributed by atoms with van der Waals surface area (Å²) in [5.74, 6) is -1.76. The van der Waals surface area contributed by atoms with Gasteiger partial charge < -0.3 is 24.1 Å². The molecule has 0 amide bonds. The predicted octanol–water partition coefficient (Wildman–Crippen LogP) is -0.0488. The Morgan fingerprint density at radius 3 is 1.82 bits per heavy atom. The van der Waals surface area contributed by atoms with Crippen LogP contribution in [0.5, 0.6) is 0 Å². The number of carbonyl (C=O) groups excluding carboxylic acids is 3. The minimum Gasteiger partial charge on any atom is -0.456 e. The first-order chi connectivity index (χ1) is 10.3. The van der Waals surface area contributed by atoms with E-state index in [0.29, 0.717) is 0 Å². The van der Waals surface area contributed by atoms with Crippen molar-refractivity contribution in [3.63, 3.8) is 0 Å². The third kappa shape index (κ3) is 4.96. The van der Waals surface area contributed by atoms with Crippen LogP contribution in [0.4, 0.5) is 0 Å². The summed E-state index contributed by atoms with van der Waals surface area (Å²) in [4.78, 5) is 33.9. The van der Waals surface area contributed by atoms with Gasteiger partial charge in [0.15, 0.2) is 18.3 Å². The first kappa shape index (κ1) is 18.4. The van der Waals surface area contributed by atoms with Gasteiger partial charge in [-0.1, -0.05) is 0 Å². The number of esters is 3. The van der Waals surface area contributed by atoms with E-state index in [1.807, 2.05) is 0 Å². The maximum absolute atomic E-state index is 11.4. The normalized spacial score (nSPS) is 31.2. The van der Waals surface area contributed by atoms with Gasteiger partial charge in [-0.05, 0) is 6.92 Å². The molecule has 1 N–H and O–H groups in total. The molecule has 1 fully saturated rings. The van der Waals surface area contributed by atoms with E-state index in [1.54, 1.807) is 6.92 Å². The standard InChI is InChI=1S/C14H22O8/c1-7-12(20-8(2)16)14(22-10(4)18)13(21-9(3)17)11(19-7)5-6-15/h7,11-15H,5-6H2,1-4H3/t7-,11-,12+,13+,14+/m0/s1. The zero-order valence-corrected chi connectivity index (χ0v) is 13.1. The number of rotatable bonds is 5. The van der Waals surface area contributed by atoms with Crippen molar-refractivity contribution in [1.82, 2.24) is 0 Å². The van der Waals surface area contributed by atoms with Crippen molar-refractivity contribution >= 4 is 17.9 Å². The highest BCUT2D eigenvalue weighted by molar-refractivity contribution is 5.68. The summed E-state index contributed by atoms with van der Waals surface area (Å²) in [5, 5.41) is 9.12. The second kappa shape index (κ2) is 8.09. The van der Waals surface area contributed by atoms with E-state index in [-0.39, 0.29) is 13.0 Å². The highest BCUT2D eigenvalue weighted by atomic mass is 16.6. The lowest BCUT2D eigenvalue weighted by molar-refractivity contribution is -0.245. The molecule has 1 heterocycles. The quantitative estimate of drug-likeness (QED) is 0.555. The van der Waals surface area contributed by atoms with Crippen LogP contribution in [0, 0.1) is 0 Å². The monoisotopic (exact) mass is 318 g/mol. The fourth-order valence-electron chi connectivity index (χ4n) is 2.47. The molecule has 126 valence electrons. The van der Waals surface area contributed by atoms with Crippen molar-refractivity contribution in [3.05, 3.63) is 0 Å². The van der Waals surface area contributed by atoms with Gasteiger partial charge in [0.25, 0.3) is 0 Å². The Balaban J connectivity index is 3.09. The van der Waals surface area contributed by atoms with Crippen LogP contribution in [0.25, 0.3) is 0 Å². The third-order valence-electron chi connectivity index (χ3n) is 3.19. The van der Waals surface area contributed by atoms with E-state index in [1.165, 1.54) is 20.8 Å². The summed E-state index contributed by atoms with van der Waals surface area (Å²) in [6.07, 6.45) is -3.93. The van der Waals surface area contributed by atoms with Crippen molar-refractivity contribution in [2.45, 2.75) is 64.6 Å². The minimum absolute atomic E-state index is 0.187. The summed E-state index contributed by atoms with van der Waals surface area (Å²) in [5.41, 5.74) is 0. The zero-order chi connectivity index (χ0) is 16.9. The topological polar surface area (TPSA) is 108 Å². The number of ether oxygens (including phenoxy) is 4. The third-order valence-corrected chi connectivity index (χ3v) is 3.19. The van der Waals surface area contributed by atoms with E-state index >= 15 is 0 Å². The SMILES string of the molecule is CC(=O)O[C@@H]1[C@H](OC(C)=O)[C@H](C)O[C@@H](CCO)[C@H]1OC(C)=O. The van der Waals surface area contributed by atoms with E-state index in [4.69, 9.17) is 24.1 Å². The molecule has 0 saturated carbocycles. The summed E-state index contributed by atoms with van der Waals surface area (Å²) in [6, 6.07) is 0. The first-order valence-electron chi connectivity index (χ1n) is 7.04. The molecule has 0 spiro atoms. The van der Waals surface area contributed by atoms with Gasteiger partial charge in [0.2, 0.25) is 0 Å². The Labute approximate surface area is 128 Å². The maximum Gasteiger partial charge on any atom is 0.303 e. The van der Waals surface area contributed by atoms with Crippen molar-refractivity contribution < 1.29 is 38.4 Å². The van der Waals surface area contributed by atoms with Crippen LogP contribution in [0.2, 0.25) is 0 Å². The smallest absolute Gasteiger partial charge is 0.303 e. The van der Waals surface area contributed by atoms with Crippen molar-refractivity contribution in [2.75, 3.05) is 6.61 Å². The molecule has 1 aliphatic rings. The average Bonchev–Trinajstić information content (AvgIpc) is 2.37. The predicted molar refractivity (Wildman–Crippen MR) is 72.7 cm³/mol. The van der Waals surface area contributed by atoms with E-state index < -0.39 is 48.4 Å². The van der Waals surface area contributed by atoms with Crippen molar-refractivity contribution in [3.8, 4) is 0 Å². The molecule has 0 unspecified atom stereocenters. The molecule has 1 aliphatic heterocycles. The lowest BCUT2D eigenvalue weighted by Crippen LogP contribution is -2.60. The molecule has 1 rings (SSSR count). The molecule has 0 aromatic heterocycles. The average molecular weight is 318 g/mol. The molecule has 0 aromatic rings. The van der Waals surface area contributed by atoms with Gasteiger partial charge in [0.05, 0.1) is 6.10 Å². The highest BCUT2D eigenvalue weighted by Gasteiger charge is 2.49. The van der Waals surface area contributed by atoms with Crippen LogP contribution in [0.3, 0.4) is 0 Å². The van der Waals surface area contributed by atoms with Gasteiger partial charge in [-0.25, -0.2) is 0 Å². The molecule has 0 radical (unpaired) electrons. The van der Waals surface area contributed by atoms with E-state index in [0.717, 1.165) is 0 Å². The van der Waals surface area contributed by atoms with Gasteiger partial charge in [0.1, 0.15) is 6.10 Å². The molecule has 8 nitrogen and oxygen atoms in total. The molecular formula is C14H22O8. The van der Waals surface area contributed by atoms with Crippen LogP contribution in [0.1, 0.15) is 34.1 Å². The Morgan fingerprint density at radius 1 is 0.909 bits per heavy atom. The second-order valence-corrected chi connectivity index (χ2v) is 5.11. The highest BCUT2D eigenvalue weighted by Crippen LogP contribution is 2.29. The molecule has 0 aromatic carbocycles. The fraction of sp³-hybridized carbons (Fsp3) is 0.786. The Morgan fingerprint density at radius 2 is 1.36 bits per heavy atom. The number of hydrogen-bond acceptors (Lipinski definition) is 8. The molecule has 5 atom stereocenters. The first-order valence-corrected chi connectivity index (χ1v) is 7.04. The van der Waals surface area contributed by atoms with Crippen LogP contribution in [-0.4, -0.2) is 60.1 Å². The van der Waals surface area contributed by atoms with Crippen LogP contribution in [-0.2, 0) is 33.3 Å². The number of carbonyl (C=O) groups is 3. The number of hydrogen-bond donors (Lipinski definition) is 1. The summed E-state index contributed by atoms with van der Waals surface area (Å²) in [7, 11) is 0. The minimum atomic E-state index is -0.995. The van der Waals surface area contributed by atoms with Crippen LogP contribution in [0.15, 0.2) is 0 Å². The number of aliphatic hydroxyl groups is 1. The molecule has 0 bridgehead atoms. The summed E-state index contributed by atoms with van der Waals surface area (Å²) >= 11 is 0. The lowest BCUT2D eigenvalue weighted by atomic mass is 9.93.